The highest BCUT2D eigenvalue weighted by Crippen LogP contribution is 2.14. The fourth-order valence-electron chi connectivity index (χ4n) is 5.14. The zero-order valence-electron chi connectivity index (χ0n) is 28.5. The standard InChI is InChI=1S/C35H69NO8/c1-2-3-4-5-6-7-8-9-10-11-12-13-14-15-16-17-35(37)44-33-31-42-29-27-40-25-23-38-22-24-39-26-28-41-30-32-43-34-18-20-36-21-19-34/h34,36H,2-33H2,1H3. The minimum atomic E-state index is -0.120. The van der Waals surface area contributed by atoms with Crippen molar-refractivity contribution in [2.45, 2.75) is 129 Å². The maximum absolute atomic E-state index is 11.9. The summed E-state index contributed by atoms with van der Waals surface area (Å²) in [4.78, 5) is 11.9. The van der Waals surface area contributed by atoms with Gasteiger partial charge in [0.15, 0.2) is 0 Å². The first kappa shape index (κ1) is 41.2. The maximum atomic E-state index is 11.9. The van der Waals surface area contributed by atoms with Crippen molar-refractivity contribution in [1.82, 2.24) is 5.32 Å². The molecule has 0 aromatic carbocycles. The first-order valence-electron chi connectivity index (χ1n) is 18.2. The van der Waals surface area contributed by atoms with Gasteiger partial charge in [-0.3, -0.25) is 4.79 Å². The lowest BCUT2D eigenvalue weighted by Crippen LogP contribution is -2.33. The Hall–Kier alpha value is -0.810. The van der Waals surface area contributed by atoms with Crippen molar-refractivity contribution in [3.05, 3.63) is 0 Å². The Labute approximate surface area is 270 Å². The van der Waals surface area contributed by atoms with Crippen molar-refractivity contribution in [2.24, 2.45) is 0 Å². The molecule has 44 heavy (non-hydrogen) atoms. The van der Waals surface area contributed by atoms with Crippen molar-refractivity contribution in [3.63, 3.8) is 0 Å². The number of hydrogen-bond donors (Lipinski definition) is 1. The molecular weight excluding hydrogens is 562 g/mol. The molecule has 0 bridgehead atoms. The average molecular weight is 632 g/mol. The first-order valence-corrected chi connectivity index (χ1v) is 18.2. The SMILES string of the molecule is CCCCCCCCCCCCCCCCCC(=O)OCCOCCOCCOCCOCCOCCOC1CCNCC1. The molecule has 1 aliphatic rings. The second kappa shape index (κ2) is 35.1. The van der Waals surface area contributed by atoms with Crippen molar-refractivity contribution in [1.29, 1.82) is 0 Å². The van der Waals surface area contributed by atoms with Gasteiger partial charge in [-0.15, -0.1) is 0 Å². The molecule has 1 saturated heterocycles. The number of nitrogens with one attached hydrogen (secondary N) is 1. The van der Waals surface area contributed by atoms with E-state index in [1.807, 2.05) is 0 Å². The van der Waals surface area contributed by atoms with Gasteiger partial charge in [-0.1, -0.05) is 96.8 Å². The van der Waals surface area contributed by atoms with Crippen LogP contribution in [-0.4, -0.2) is 104 Å². The highest BCUT2D eigenvalue weighted by Gasteiger charge is 2.12. The number of rotatable bonds is 35. The van der Waals surface area contributed by atoms with E-state index in [0.717, 1.165) is 38.8 Å². The molecule has 262 valence electrons. The van der Waals surface area contributed by atoms with Crippen molar-refractivity contribution in [3.8, 4) is 0 Å². The number of carbonyl (C=O) groups excluding carboxylic acids is 1. The van der Waals surface area contributed by atoms with Gasteiger partial charge in [-0.05, 0) is 32.4 Å². The number of hydrogen-bond acceptors (Lipinski definition) is 9. The quantitative estimate of drug-likeness (QED) is 0.0610. The number of piperidine rings is 1. The molecule has 0 amide bonds. The zero-order valence-corrected chi connectivity index (χ0v) is 28.5. The minimum absolute atomic E-state index is 0.120. The molecule has 0 aromatic rings. The van der Waals surface area contributed by atoms with E-state index in [9.17, 15) is 4.79 Å². The third-order valence-electron chi connectivity index (χ3n) is 7.83. The first-order chi connectivity index (χ1) is 21.8. The van der Waals surface area contributed by atoms with Crippen LogP contribution in [0.2, 0.25) is 0 Å². The molecule has 0 radical (unpaired) electrons. The Balaban J connectivity index is 1.65. The van der Waals surface area contributed by atoms with Gasteiger partial charge >= 0.3 is 5.97 Å². The van der Waals surface area contributed by atoms with Gasteiger partial charge in [-0.25, -0.2) is 0 Å². The largest absolute Gasteiger partial charge is 0.463 e. The van der Waals surface area contributed by atoms with Gasteiger partial charge in [0, 0.05) is 6.42 Å². The Morgan fingerprint density at radius 1 is 0.500 bits per heavy atom. The Bertz CT molecular complexity index is 577. The van der Waals surface area contributed by atoms with Crippen LogP contribution in [0.5, 0.6) is 0 Å². The molecule has 0 aromatic heterocycles. The van der Waals surface area contributed by atoms with Gasteiger partial charge < -0.3 is 38.5 Å². The van der Waals surface area contributed by atoms with Crippen LogP contribution >= 0.6 is 0 Å². The Morgan fingerprint density at radius 2 is 0.864 bits per heavy atom. The fourth-order valence-corrected chi connectivity index (χ4v) is 5.14. The third kappa shape index (κ3) is 31.2. The molecule has 0 aliphatic carbocycles. The van der Waals surface area contributed by atoms with E-state index in [0.29, 0.717) is 91.8 Å². The zero-order chi connectivity index (χ0) is 31.4. The number of carbonyl (C=O) groups is 1. The van der Waals surface area contributed by atoms with E-state index >= 15 is 0 Å². The lowest BCUT2D eigenvalue weighted by molar-refractivity contribution is -0.145. The van der Waals surface area contributed by atoms with Crippen LogP contribution in [0.3, 0.4) is 0 Å². The summed E-state index contributed by atoms with van der Waals surface area (Å²) in [5.41, 5.74) is 0. The van der Waals surface area contributed by atoms with E-state index < -0.39 is 0 Å². The predicted molar refractivity (Wildman–Crippen MR) is 176 cm³/mol. The number of unbranched alkanes of at least 4 members (excludes halogenated alkanes) is 14. The summed E-state index contributed by atoms with van der Waals surface area (Å²) in [6, 6.07) is 0. The summed E-state index contributed by atoms with van der Waals surface area (Å²) >= 11 is 0. The molecule has 1 heterocycles. The van der Waals surface area contributed by atoms with Gasteiger partial charge in [0.25, 0.3) is 0 Å². The van der Waals surface area contributed by atoms with E-state index in [-0.39, 0.29) is 5.97 Å². The van der Waals surface area contributed by atoms with Crippen molar-refractivity contribution in [2.75, 3.05) is 92.4 Å². The summed E-state index contributed by atoms with van der Waals surface area (Å²) in [5.74, 6) is -0.120. The molecule has 0 saturated carbocycles. The van der Waals surface area contributed by atoms with E-state index in [4.69, 9.17) is 33.2 Å². The smallest absolute Gasteiger partial charge is 0.305 e. The molecule has 1 aliphatic heterocycles. The summed E-state index contributed by atoms with van der Waals surface area (Å²) in [6.07, 6.45) is 22.9. The topological polar surface area (TPSA) is 93.7 Å². The van der Waals surface area contributed by atoms with Crippen LogP contribution < -0.4 is 5.32 Å². The summed E-state index contributed by atoms with van der Waals surface area (Å²) in [6.45, 7) is 10.5. The van der Waals surface area contributed by atoms with Gasteiger partial charge in [0.1, 0.15) is 6.61 Å². The Morgan fingerprint density at radius 3 is 1.30 bits per heavy atom. The predicted octanol–water partition coefficient (Wildman–Crippen LogP) is 6.64. The van der Waals surface area contributed by atoms with E-state index in [1.54, 1.807) is 0 Å². The minimum Gasteiger partial charge on any atom is -0.463 e. The summed E-state index contributed by atoms with van der Waals surface area (Å²) in [5, 5.41) is 3.33. The van der Waals surface area contributed by atoms with Crippen LogP contribution in [-0.2, 0) is 38.0 Å². The summed E-state index contributed by atoms with van der Waals surface area (Å²) in [7, 11) is 0. The number of esters is 1. The van der Waals surface area contributed by atoms with Gasteiger partial charge in [0.05, 0.1) is 78.8 Å². The van der Waals surface area contributed by atoms with Crippen molar-refractivity contribution < 1.29 is 38.0 Å². The maximum Gasteiger partial charge on any atom is 0.305 e. The highest BCUT2D eigenvalue weighted by molar-refractivity contribution is 5.69. The lowest BCUT2D eigenvalue weighted by Gasteiger charge is -2.22. The average Bonchev–Trinajstić information content (AvgIpc) is 3.04. The van der Waals surface area contributed by atoms with E-state index in [2.05, 4.69) is 12.2 Å². The van der Waals surface area contributed by atoms with Crippen LogP contribution in [0.15, 0.2) is 0 Å². The van der Waals surface area contributed by atoms with Crippen LogP contribution in [0.25, 0.3) is 0 Å². The normalized spacial score (nSPS) is 13.9. The Kier molecular flexibility index (Phi) is 32.8. The molecule has 9 nitrogen and oxygen atoms in total. The van der Waals surface area contributed by atoms with Crippen LogP contribution in [0, 0.1) is 0 Å². The molecule has 9 heteroatoms. The fraction of sp³-hybridized carbons (Fsp3) is 0.971. The van der Waals surface area contributed by atoms with Crippen LogP contribution in [0.4, 0.5) is 0 Å². The monoisotopic (exact) mass is 632 g/mol. The molecule has 0 atom stereocenters. The lowest BCUT2D eigenvalue weighted by atomic mass is 10.0. The second-order valence-corrected chi connectivity index (χ2v) is 11.8. The highest BCUT2D eigenvalue weighted by atomic mass is 16.6. The number of ether oxygens (including phenoxy) is 7. The molecule has 1 rings (SSSR count). The van der Waals surface area contributed by atoms with Crippen LogP contribution in [0.1, 0.15) is 122 Å². The third-order valence-corrected chi connectivity index (χ3v) is 7.83. The van der Waals surface area contributed by atoms with E-state index in [1.165, 1.54) is 83.5 Å². The summed E-state index contributed by atoms with van der Waals surface area (Å²) < 4.78 is 38.5. The van der Waals surface area contributed by atoms with Gasteiger partial charge in [0.2, 0.25) is 0 Å². The molecule has 0 unspecified atom stereocenters. The molecule has 1 N–H and O–H groups in total. The van der Waals surface area contributed by atoms with Gasteiger partial charge in [-0.2, -0.15) is 0 Å². The molecular formula is C35H69NO8. The van der Waals surface area contributed by atoms with Crippen molar-refractivity contribution >= 4 is 5.97 Å². The molecule has 0 spiro atoms. The molecule has 1 fully saturated rings. The second-order valence-electron chi connectivity index (χ2n) is 11.8.